The SMILES string of the molecule is CC(F)(F)c1cc(F)ccc1C=O. The second-order valence-electron chi connectivity index (χ2n) is 2.74. The van der Waals surface area contributed by atoms with Gasteiger partial charge in [-0.25, -0.2) is 13.2 Å². The van der Waals surface area contributed by atoms with Gasteiger partial charge in [0.05, 0.1) is 0 Å². The Hall–Kier alpha value is -1.32. The van der Waals surface area contributed by atoms with E-state index in [1.165, 1.54) is 0 Å². The second kappa shape index (κ2) is 3.20. The fraction of sp³-hybridized carbons (Fsp3) is 0.222. The van der Waals surface area contributed by atoms with E-state index < -0.39 is 17.3 Å². The minimum atomic E-state index is -3.20. The topological polar surface area (TPSA) is 17.1 Å². The van der Waals surface area contributed by atoms with Crippen molar-refractivity contribution in [2.75, 3.05) is 0 Å². The Morgan fingerprint density at radius 3 is 2.46 bits per heavy atom. The zero-order valence-electron chi connectivity index (χ0n) is 6.85. The van der Waals surface area contributed by atoms with Crippen LogP contribution in [0.2, 0.25) is 0 Å². The quantitative estimate of drug-likeness (QED) is 0.652. The summed E-state index contributed by atoms with van der Waals surface area (Å²) < 4.78 is 38.1. The third-order valence-corrected chi connectivity index (χ3v) is 1.62. The van der Waals surface area contributed by atoms with E-state index in [0.717, 1.165) is 12.1 Å². The summed E-state index contributed by atoms with van der Waals surface area (Å²) in [6.07, 6.45) is 0.284. The smallest absolute Gasteiger partial charge is 0.271 e. The molecule has 0 N–H and O–H groups in total. The lowest BCUT2D eigenvalue weighted by Crippen LogP contribution is -2.10. The van der Waals surface area contributed by atoms with Crippen molar-refractivity contribution in [3.05, 3.63) is 35.1 Å². The van der Waals surface area contributed by atoms with E-state index in [1.54, 1.807) is 0 Å². The van der Waals surface area contributed by atoms with Crippen LogP contribution in [-0.2, 0) is 5.92 Å². The van der Waals surface area contributed by atoms with Crippen LogP contribution in [0.3, 0.4) is 0 Å². The molecule has 1 nitrogen and oxygen atoms in total. The molecule has 0 spiro atoms. The summed E-state index contributed by atoms with van der Waals surface area (Å²) in [5.41, 5.74) is -0.767. The van der Waals surface area contributed by atoms with E-state index in [-0.39, 0.29) is 11.8 Å². The van der Waals surface area contributed by atoms with Crippen molar-refractivity contribution in [2.45, 2.75) is 12.8 Å². The van der Waals surface area contributed by atoms with Gasteiger partial charge in [0.2, 0.25) is 0 Å². The van der Waals surface area contributed by atoms with Crippen molar-refractivity contribution in [1.29, 1.82) is 0 Å². The van der Waals surface area contributed by atoms with Crippen molar-refractivity contribution in [2.24, 2.45) is 0 Å². The molecular formula is C9H7F3O. The highest BCUT2D eigenvalue weighted by molar-refractivity contribution is 5.77. The average molecular weight is 188 g/mol. The van der Waals surface area contributed by atoms with Crippen LogP contribution in [0.5, 0.6) is 0 Å². The molecule has 0 aromatic heterocycles. The van der Waals surface area contributed by atoms with Gasteiger partial charge in [0.25, 0.3) is 5.92 Å². The highest BCUT2D eigenvalue weighted by atomic mass is 19.3. The number of aldehydes is 1. The maximum Gasteiger partial charge on any atom is 0.271 e. The number of alkyl halides is 2. The first-order chi connectivity index (χ1) is 5.95. The number of halogens is 3. The summed E-state index contributed by atoms with van der Waals surface area (Å²) in [5, 5.41) is 0. The van der Waals surface area contributed by atoms with Crippen LogP contribution in [0.1, 0.15) is 22.8 Å². The largest absolute Gasteiger partial charge is 0.298 e. The van der Waals surface area contributed by atoms with Gasteiger partial charge in [-0.1, -0.05) is 0 Å². The Balaban J connectivity index is 3.32. The Kier molecular flexibility index (Phi) is 2.40. The lowest BCUT2D eigenvalue weighted by Gasteiger charge is -2.12. The minimum Gasteiger partial charge on any atom is -0.298 e. The third-order valence-electron chi connectivity index (χ3n) is 1.62. The summed E-state index contributed by atoms with van der Waals surface area (Å²) in [7, 11) is 0. The zero-order chi connectivity index (χ0) is 10.1. The van der Waals surface area contributed by atoms with Crippen LogP contribution >= 0.6 is 0 Å². The van der Waals surface area contributed by atoms with E-state index in [1.807, 2.05) is 0 Å². The molecule has 0 saturated carbocycles. The molecule has 0 radical (unpaired) electrons. The summed E-state index contributed by atoms with van der Waals surface area (Å²) >= 11 is 0. The second-order valence-corrected chi connectivity index (χ2v) is 2.74. The average Bonchev–Trinajstić information content (AvgIpc) is 2.03. The Bertz CT molecular complexity index is 328. The lowest BCUT2D eigenvalue weighted by atomic mass is 10.0. The molecule has 1 rings (SSSR count). The molecule has 0 unspecified atom stereocenters. The van der Waals surface area contributed by atoms with Gasteiger partial charge in [-0.15, -0.1) is 0 Å². The van der Waals surface area contributed by atoms with Gasteiger partial charge in [0, 0.05) is 18.1 Å². The molecule has 0 aliphatic heterocycles. The maximum atomic E-state index is 12.8. The predicted molar refractivity (Wildman–Crippen MR) is 41.4 cm³/mol. The summed E-state index contributed by atoms with van der Waals surface area (Å²) in [4.78, 5) is 10.3. The maximum absolute atomic E-state index is 12.8. The zero-order valence-corrected chi connectivity index (χ0v) is 6.85. The molecule has 13 heavy (non-hydrogen) atoms. The molecule has 0 fully saturated rings. The van der Waals surface area contributed by atoms with Crippen LogP contribution in [0, 0.1) is 5.82 Å². The first-order valence-electron chi connectivity index (χ1n) is 3.58. The van der Waals surface area contributed by atoms with Crippen LogP contribution < -0.4 is 0 Å². The van der Waals surface area contributed by atoms with Crippen molar-refractivity contribution in [1.82, 2.24) is 0 Å². The standard InChI is InChI=1S/C9H7F3O/c1-9(11,12)8-4-7(10)3-2-6(8)5-13/h2-5H,1H3. The first kappa shape index (κ1) is 9.77. The van der Waals surface area contributed by atoms with Gasteiger partial charge >= 0.3 is 0 Å². The monoisotopic (exact) mass is 188 g/mol. The number of hydrogen-bond donors (Lipinski definition) is 0. The van der Waals surface area contributed by atoms with Gasteiger partial charge < -0.3 is 0 Å². The van der Waals surface area contributed by atoms with Crippen molar-refractivity contribution in [3.8, 4) is 0 Å². The van der Waals surface area contributed by atoms with E-state index in [4.69, 9.17) is 0 Å². The van der Waals surface area contributed by atoms with Gasteiger partial charge in [-0.3, -0.25) is 4.79 Å². The number of hydrogen-bond acceptors (Lipinski definition) is 1. The highest BCUT2D eigenvalue weighted by Gasteiger charge is 2.27. The third kappa shape index (κ3) is 2.08. The van der Waals surface area contributed by atoms with E-state index in [9.17, 15) is 18.0 Å². The number of carbonyl (C=O) groups is 1. The van der Waals surface area contributed by atoms with Crippen LogP contribution in [0.25, 0.3) is 0 Å². The Morgan fingerprint density at radius 2 is 2.00 bits per heavy atom. The molecule has 1 aromatic carbocycles. The molecular weight excluding hydrogens is 181 g/mol. The lowest BCUT2D eigenvalue weighted by molar-refractivity contribution is 0.0164. The highest BCUT2D eigenvalue weighted by Crippen LogP contribution is 2.29. The Morgan fingerprint density at radius 1 is 1.38 bits per heavy atom. The van der Waals surface area contributed by atoms with Crippen LogP contribution in [0.15, 0.2) is 18.2 Å². The minimum absolute atomic E-state index is 0.186. The number of benzene rings is 1. The first-order valence-corrected chi connectivity index (χ1v) is 3.58. The molecule has 70 valence electrons. The molecule has 0 heterocycles. The van der Waals surface area contributed by atoms with Crippen molar-refractivity contribution in [3.63, 3.8) is 0 Å². The van der Waals surface area contributed by atoms with E-state index in [0.29, 0.717) is 13.0 Å². The van der Waals surface area contributed by atoms with Crippen LogP contribution in [0.4, 0.5) is 13.2 Å². The molecule has 0 aliphatic carbocycles. The molecule has 1 aromatic rings. The summed E-state index contributed by atoms with van der Waals surface area (Å²) in [6, 6.07) is 2.68. The normalized spacial score (nSPS) is 11.4. The fourth-order valence-corrected chi connectivity index (χ4v) is 1.01. The molecule has 0 bridgehead atoms. The predicted octanol–water partition coefficient (Wildman–Crippen LogP) is 2.75. The fourth-order valence-electron chi connectivity index (χ4n) is 1.01. The van der Waals surface area contributed by atoms with E-state index in [2.05, 4.69) is 0 Å². The number of carbonyl (C=O) groups excluding carboxylic acids is 1. The molecule has 0 amide bonds. The van der Waals surface area contributed by atoms with Crippen LogP contribution in [-0.4, -0.2) is 6.29 Å². The van der Waals surface area contributed by atoms with E-state index >= 15 is 0 Å². The van der Waals surface area contributed by atoms with Gasteiger partial charge in [0.1, 0.15) is 5.82 Å². The van der Waals surface area contributed by atoms with Crippen molar-refractivity contribution < 1.29 is 18.0 Å². The Labute approximate surface area is 73.2 Å². The van der Waals surface area contributed by atoms with Gasteiger partial charge in [-0.05, 0) is 18.2 Å². The molecule has 0 aliphatic rings. The summed E-state index contributed by atoms with van der Waals surface area (Å²) in [5.74, 6) is -3.97. The van der Waals surface area contributed by atoms with Gasteiger partial charge in [0.15, 0.2) is 6.29 Å². The molecule has 0 atom stereocenters. The van der Waals surface area contributed by atoms with Gasteiger partial charge in [-0.2, -0.15) is 0 Å². The van der Waals surface area contributed by atoms with Crippen molar-refractivity contribution >= 4 is 6.29 Å². The number of rotatable bonds is 2. The summed E-state index contributed by atoms with van der Waals surface area (Å²) in [6.45, 7) is 0.620. The molecule has 4 heteroatoms. The molecule has 0 saturated heterocycles.